The van der Waals surface area contributed by atoms with Gasteiger partial charge in [0.05, 0.1) is 16.9 Å². The number of hydrogen-bond donors (Lipinski definition) is 0. The molecule has 2 atom stereocenters. The maximum atomic E-state index is 11.6. The molecule has 19 heavy (non-hydrogen) atoms. The van der Waals surface area contributed by atoms with Crippen LogP contribution >= 0.6 is 0 Å². The third-order valence-electron chi connectivity index (χ3n) is 3.61. The molecule has 0 saturated heterocycles. The van der Waals surface area contributed by atoms with Crippen LogP contribution < -0.4 is 0 Å². The Morgan fingerprint density at radius 3 is 2.42 bits per heavy atom. The molecule has 0 bridgehead atoms. The average molecular weight is 280 g/mol. The minimum atomic E-state index is -3.06. The molecule has 1 aromatic rings. The second kappa shape index (κ2) is 6.18. The first-order chi connectivity index (χ1) is 8.77. The first-order valence-corrected chi connectivity index (χ1v) is 8.10. The van der Waals surface area contributed by atoms with Crippen molar-refractivity contribution in [1.29, 1.82) is 5.26 Å². The van der Waals surface area contributed by atoms with E-state index in [1.807, 2.05) is 37.1 Å². The zero-order valence-electron chi connectivity index (χ0n) is 11.8. The van der Waals surface area contributed by atoms with Crippen molar-refractivity contribution in [2.45, 2.75) is 31.7 Å². The predicted molar refractivity (Wildman–Crippen MR) is 76.4 cm³/mol. The Bertz CT molecular complexity index is 575. The summed E-state index contributed by atoms with van der Waals surface area (Å²) in [4.78, 5) is 1.96. The summed E-state index contributed by atoms with van der Waals surface area (Å²) < 4.78 is 23.1. The van der Waals surface area contributed by atoms with Crippen LogP contribution in [0.1, 0.15) is 25.0 Å². The molecule has 5 heteroatoms. The minimum Gasteiger partial charge on any atom is -0.298 e. The number of hydrogen-bond acceptors (Lipinski definition) is 4. The van der Waals surface area contributed by atoms with E-state index in [0.717, 1.165) is 5.56 Å². The van der Waals surface area contributed by atoms with Gasteiger partial charge in [-0.2, -0.15) is 5.26 Å². The Kier molecular flexibility index (Phi) is 5.10. The lowest BCUT2D eigenvalue weighted by atomic mass is 10.1. The van der Waals surface area contributed by atoms with Crippen LogP contribution in [0.5, 0.6) is 0 Å². The first kappa shape index (κ1) is 15.7. The van der Waals surface area contributed by atoms with E-state index in [4.69, 9.17) is 5.26 Å². The minimum absolute atomic E-state index is 0.109. The zero-order valence-corrected chi connectivity index (χ0v) is 12.6. The smallest absolute Gasteiger partial charge is 0.151 e. The highest BCUT2D eigenvalue weighted by molar-refractivity contribution is 7.91. The largest absolute Gasteiger partial charge is 0.298 e. The summed E-state index contributed by atoms with van der Waals surface area (Å²) in [7, 11) is -1.19. The second-order valence-corrected chi connectivity index (χ2v) is 7.36. The normalized spacial score (nSPS) is 14.9. The summed E-state index contributed by atoms with van der Waals surface area (Å²) in [6.45, 7) is 4.16. The molecular weight excluding hydrogens is 260 g/mol. The van der Waals surface area contributed by atoms with Gasteiger partial charge in [-0.15, -0.1) is 0 Å². The summed E-state index contributed by atoms with van der Waals surface area (Å²) in [5, 5.41) is 8.61. The molecule has 0 heterocycles. The monoisotopic (exact) mass is 280 g/mol. The predicted octanol–water partition coefficient (Wildman–Crippen LogP) is 1.81. The van der Waals surface area contributed by atoms with E-state index in [1.54, 1.807) is 13.0 Å². The highest BCUT2D eigenvalue weighted by Gasteiger charge is 2.25. The number of rotatable bonds is 5. The molecule has 0 fully saturated rings. The molecule has 0 amide bonds. The van der Waals surface area contributed by atoms with Gasteiger partial charge in [-0.25, -0.2) is 8.42 Å². The lowest BCUT2D eigenvalue weighted by molar-refractivity contribution is 0.245. The van der Waals surface area contributed by atoms with E-state index < -0.39 is 15.1 Å². The average Bonchev–Trinajstić information content (AvgIpc) is 2.36. The Labute approximate surface area is 115 Å². The molecular formula is C14H20N2O2S. The maximum Gasteiger partial charge on any atom is 0.151 e. The first-order valence-electron chi connectivity index (χ1n) is 6.14. The summed E-state index contributed by atoms with van der Waals surface area (Å²) in [5.41, 5.74) is 1.55. The van der Waals surface area contributed by atoms with Crippen molar-refractivity contribution in [1.82, 2.24) is 4.90 Å². The molecule has 0 unspecified atom stereocenters. The quantitative estimate of drug-likeness (QED) is 0.825. The zero-order chi connectivity index (χ0) is 14.6. The van der Waals surface area contributed by atoms with Crippen molar-refractivity contribution in [3.63, 3.8) is 0 Å². The van der Waals surface area contributed by atoms with Crippen molar-refractivity contribution in [3.05, 3.63) is 35.4 Å². The Hall–Kier alpha value is -1.38. The SMILES string of the molecule is C[C@H]([C@@H](C)S(C)(=O)=O)N(C)Cc1ccccc1C#N. The van der Waals surface area contributed by atoms with Crippen molar-refractivity contribution < 1.29 is 8.42 Å². The van der Waals surface area contributed by atoms with Gasteiger partial charge in [-0.1, -0.05) is 18.2 Å². The topological polar surface area (TPSA) is 61.2 Å². The van der Waals surface area contributed by atoms with Crippen LogP contribution in [0.2, 0.25) is 0 Å². The molecule has 0 saturated carbocycles. The van der Waals surface area contributed by atoms with Crippen LogP contribution in [0.3, 0.4) is 0 Å². The number of nitriles is 1. The Balaban J connectivity index is 2.86. The van der Waals surface area contributed by atoms with Gasteiger partial charge in [0.25, 0.3) is 0 Å². The van der Waals surface area contributed by atoms with Crippen LogP contribution in [0.15, 0.2) is 24.3 Å². The number of nitrogens with zero attached hydrogens (tertiary/aromatic N) is 2. The molecule has 4 nitrogen and oxygen atoms in total. The lowest BCUT2D eigenvalue weighted by Gasteiger charge is -2.29. The van der Waals surface area contributed by atoms with Gasteiger partial charge < -0.3 is 0 Å². The molecule has 1 aromatic carbocycles. The van der Waals surface area contributed by atoms with Crippen LogP contribution in [0, 0.1) is 11.3 Å². The van der Waals surface area contributed by atoms with Crippen molar-refractivity contribution >= 4 is 9.84 Å². The Morgan fingerprint density at radius 2 is 1.89 bits per heavy atom. The third kappa shape index (κ3) is 4.05. The summed E-state index contributed by atoms with van der Waals surface area (Å²) in [6, 6.07) is 9.42. The molecule has 0 aromatic heterocycles. The van der Waals surface area contributed by atoms with E-state index in [9.17, 15) is 8.42 Å². The van der Waals surface area contributed by atoms with Crippen LogP contribution in [0.25, 0.3) is 0 Å². The highest BCUT2D eigenvalue weighted by atomic mass is 32.2. The van der Waals surface area contributed by atoms with E-state index in [2.05, 4.69) is 6.07 Å². The van der Waals surface area contributed by atoms with E-state index >= 15 is 0 Å². The van der Waals surface area contributed by atoms with Crippen molar-refractivity contribution in [3.8, 4) is 6.07 Å². The fourth-order valence-electron chi connectivity index (χ4n) is 1.90. The van der Waals surface area contributed by atoms with Gasteiger partial charge in [-0.05, 0) is 32.5 Å². The van der Waals surface area contributed by atoms with Gasteiger partial charge >= 0.3 is 0 Å². The van der Waals surface area contributed by atoms with E-state index in [-0.39, 0.29) is 6.04 Å². The summed E-state index contributed by atoms with van der Waals surface area (Å²) in [5.74, 6) is 0. The van der Waals surface area contributed by atoms with Gasteiger partial charge in [0.2, 0.25) is 0 Å². The van der Waals surface area contributed by atoms with E-state index in [1.165, 1.54) is 6.26 Å². The summed E-state index contributed by atoms with van der Waals surface area (Å²) in [6.07, 6.45) is 1.26. The number of sulfone groups is 1. The van der Waals surface area contributed by atoms with Gasteiger partial charge in [0.1, 0.15) is 0 Å². The lowest BCUT2D eigenvalue weighted by Crippen LogP contribution is -2.41. The maximum absolute atomic E-state index is 11.6. The summed E-state index contributed by atoms with van der Waals surface area (Å²) >= 11 is 0. The van der Waals surface area contributed by atoms with Crippen molar-refractivity contribution in [2.75, 3.05) is 13.3 Å². The molecule has 1 rings (SSSR count). The van der Waals surface area contributed by atoms with Gasteiger partial charge in [0.15, 0.2) is 9.84 Å². The fourth-order valence-corrected chi connectivity index (χ4v) is 2.82. The van der Waals surface area contributed by atoms with Crippen LogP contribution in [-0.4, -0.2) is 37.9 Å². The van der Waals surface area contributed by atoms with Gasteiger partial charge in [0, 0.05) is 18.8 Å². The molecule has 0 aliphatic heterocycles. The van der Waals surface area contributed by atoms with Crippen LogP contribution in [-0.2, 0) is 16.4 Å². The standard InChI is InChI=1S/C14H20N2O2S/c1-11(12(2)19(4,17)18)16(3)10-14-8-6-5-7-13(14)9-15/h5-8,11-12H,10H2,1-4H3/t11-,12-/m1/s1. The second-order valence-electron chi connectivity index (χ2n) is 4.96. The highest BCUT2D eigenvalue weighted by Crippen LogP contribution is 2.15. The molecule has 0 spiro atoms. The molecule has 0 aliphatic rings. The molecule has 0 radical (unpaired) electrons. The third-order valence-corrected chi connectivity index (χ3v) is 5.35. The molecule has 0 N–H and O–H groups in total. The molecule has 0 aliphatic carbocycles. The van der Waals surface area contributed by atoms with Crippen molar-refractivity contribution in [2.24, 2.45) is 0 Å². The van der Waals surface area contributed by atoms with E-state index in [0.29, 0.717) is 12.1 Å². The van der Waals surface area contributed by atoms with Crippen LogP contribution in [0.4, 0.5) is 0 Å². The Morgan fingerprint density at radius 1 is 1.32 bits per heavy atom. The number of benzene rings is 1. The fraction of sp³-hybridized carbons (Fsp3) is 0.500. The van der Waals surface area contributed by atoms with Gasteiger partial charge in [-0.3, -0.25) is 4.90 Å². The molecule has 104 valence electrons.